The van der Waals surface area contributed by atoms with Crippen LogP contribution in [0.5, 0.6) is 0 Å². The summed E-state index contributed by atoms with van der Waals surface area (Å²) in [5.41, 5.74) is 0. The third-order valence-electron chi connectivity index (χ3n) is 2.01. The molecule has 1 heterocycles. The van der Waals surface area contributed by atoms with E-state index < -0.39 is 0 Å². The Balaban J connectivity index is 2.44. The lowest BCUT2D eigenvalue weighted by Gasteiger charge is -2.11. The van der Waals surface area contributed by atoms with Crippen LogP contribution >= 0.6 is 11.8 Å². The molecular formula is C9H17N3S. The van der Waals surface area contributed by atoms with Crippen LogP contribution in [0.1, 0.15) is 13.8 Å². The van der Waals surface area contributed by atoms with Crippen molar-refractivity contribution in [3.63, 3.8) is 0 Å². The molecule has 0 saturated carbocycles. The first-order chi connectivity index (χ1) is 6.27. The van der Waals surface area contributed by atoms with Gasteiger partial charge in [-0.2, -0.15) is 11.8 Å². The number of aryl methyl sites for hydroxylation is 1. The normalized spacial score (nSPS) is 12.8. The van der Waals surface area contributed by atoms with Gasteiger partial charge in [-0.05, 0) is 13.2 Å². The molecule has 1 atom stereocenters. The fraction of sp³-hybridized carbons (Fsp3) is 0.667. The first kappa shape index (κ1) is 10.4. The van der Waals surface area contributed by atoms with Gasteiger partial charge in [0.1, 0.15) is 0 Å². The van der Waals surface area contributed by atoms with Crippen molar-refractivity contribution in [3.05, 3.63) is 12.4 Å². The summed E-state index contributed by atoms with van der Waals surface area (Å²) in [6.07, 6.45) is 5.94. The largest absolute Gasteiger partial charge is 0.355 e. The second-order valence-electron chi connectivity index (χ2n) is 2.96. The minimum absolute atomic E-state index is 0.627. The van der Waals surface area contributed by atoms with E-state index in [1.54, 1.807) is 0 Å². The van der Waals surface area contributed by atoms with Gasteiger partial charge in [0, 0.05) is 30.7 Å². The standard InChI is InChI=1S/C9H17N3S/c1-4-12-6-5-10-9(12)11-7-8(2)13-3/h5-6,8H,4,7H2,1-3H3,(H,10,11). The zero-order valence-electron chi connectivity index (χ0n) is 8.45. The summed E-state index contributed by atoms with van der Waals surface area (Å²) in [4.78, 5) is 4.24. The summed E-state index contributed by atoms with van der Waals surface area (Å²) in [7, 11) is 0. The molecule has 0 aromatic carbocycles. The molecule has 0 aliphatic carbocycles. The number of imidazole rings is 1. The maximum absolute atomic E-state index is 4.24. The summed E-state index contributed by atoms with van der Waals surface area (Å²) in [5.74, 6) is 0.975. The van der Waals surface area contributed by atoms with Crippen molar-refractivity contribution >= 4 is 17.7 Å². The van der Waals surface area contributed by atoms with Gasteiger partial charge in [0.25, 0.3) is 0 Å². The molecule has 0 aliphatic heterocycles. The molecule has 3 nitrogen and oxygen atoms in total. The van der Waals surface area contributed by atoms with E-state index in [0.717, 1.165) is 19.0 Å². The van der Waals surface area contributed by atoms with Gasteiger partial charge >= 0.3 is 0 Å². The minimum Gasteiger partial charge on any atom is -0.355 e. The number of nitrogens with zero attached hydrogens (tertiary/aromatic N) is 2. The highest BCUT2D eigenvalue weighted by atomic mass is 32.2. The Morgan fingerprint density at radius 2 is 2.46 bits per heavy atom. The van der Waals surface area contributed by atoms with Crippen LogP contribution < -0.4 is 5.32 Å². The Morgan fingerprint density at radius 1 is 1.69 bits per heavy atom. The summed E-state index contributed by atoms with van der Waals surface area (Å²) >= 11 is 1.86. The average molecular weight is 199 g/mol. The number of thioether (sulfide) groups is 1. The van der Waals surface area contributed by atoms with Crippen LogP contribution in [-0.2, 0) is 6.54 Å². The highest BCUT2D eigenvalue weighted by molar-refractivity contribution is 7.99. The molecule has 1 rings (SSSR count). The predicted molar refractivity (Wildman–Crippen MR) is 59.4 cm³/mol. The summed E-state index contributed by atoms with van der Waals surface area (Å²) in [5, 5.41) is 3.95. The second kappa shape index (κ2) is 5.17. The average Bonchev–Trinajstić information content (AvgIpc) is 2.61. The minimum atomic E-state index is 0.627. The fourth-order valence-corrected chi connectivity index (χ4v) is 1.30. The fourth-order valence-electron chi connectivity index (χ4n) is 1.05. The van der Waals surface area contributed by atoms with Crippen LogP contribution in [-0.4, -0.2) is 27.6 Å². The molecule has 0 radical (unpaired) electrons. The highest BCUT2D eigenvalue weighted by Crippen LogP contribution is 2.08. The SMILES string of the molecule is CCn1ccnc1NCC(C)SC. The molecule has 0 saturated heterocycles. The lowest BCUT2D eigenvalue weighted by molar-refractivity contribution is 0.762. The molecule has 13 heavy (non-hydrogen) atoms. The number of anilines is 1. The van der Waals surface area contributed by atoms with Crippen molar-refractivity contribution in [1.29, 1.82) is 0 Å². The molecule has 0 aliphatic rings. The van der Waals surface area contributed by atoms with Crippen LogP contribution in [0.4, 0.5) is 5.95 Å². The van der Waals surface area contributed by atoms with Gasteiger partial charge < -0.3 is 9.88 Å². The zero-order chi connectivity index (χ0) is 9.68. The van der Waals surface area contributed by atoms with E-state index in [2.05, 4.69) is 35.0 Å². The van der Waals surface area contributed by atoms with Gasteiger partial charge in [-0.1, -0.05) is 6.92 Å². The Labute approximate surface area is 83.9 Å². The number of aromatic nitrogens is 2. The Morgan fingerprint density at radius 3 is 3.08 bits per heavy atom. The first-order valence-corrected chi connectivity index (χ1v) is 5.84. The molecule has 1 aromatic rings. The Kier molecular flexibility index (Phi) is 4.15. The Hall–Kier alpha value is -0.640. The van der Waals surface area contributed by atoms with E-state index in [1.807, 2.05) is 24.2 Å². The van der Waals surface area contributed by atoms with E-state index in [0.29, 0.717) is 5.25 Å². The molecule has 0 amide bonds. The monoisotopic (exact) mass is 199 g/mol. The first-order valence-electron chi connectivity index (χ1n) is 4.55. The van der Waals surface area contributed by atoms with Crippen molar-refractivity contribution in [2.24, 2.45) is 0 Å². The quantitative estimate of drug-likeness (QED) is 0.787. The van der Waals surface area contributed by atoms with Crippen LogP contribution in [0.15, 0.2) is 12.4 Å². The highest BCUT2D eigenvalue weighted by Gasteiger charge is 2.02. The van der Waals surface area contributed by atoms with Crippen molar-refractivity contribution in [1.82, 2.24) is 9.55 Å². The summed E-state index contributed by atoms with van der Waals surface area (Å²) in [6, 6.07) is 0. The molecule has 1 N–H and O–H groups in total. The number of hydrogen-bond donors (Lipinski definition) is 1. The Bertz CT molecular complexity index is 247. The van der Waals surface area contributed by atoms with E-state index in [4.69, 9.17) is 0 Å². The third kappa shape index (κ3) is 2.95. The molecule has 0 spiro atoms. The van der Waals surface area contributed by atoms with Crippen molar-refractivity contribution < 1.29 is 0 Å². The summed E-state index contributed by atoms with van der Waals surface area (Å²) in [6.45, 7) is 6.26. The lowest BCUT2D eigenvalue weighted by Crippen LogP contribution is -2.15. The molecular weight excluding hydrogens is 182 g/mol. The van der Waals surface area contributed by atoms with Crippen LogP contribution in [0.25, 0.3) is 0 Å². The van der Waals surface area contributed by atoms with Gasteiger partial charge in [0.15, 0.2) is 0 Å². The summed E-state index contributed by atoms with van der Waals surface area (Å²) < 4.78 is 2.10. The molecule has 1 aromatic heterocycles. The van der Waals surface area contributed by atoms with Crippen LogP contribution in [0.2, 0.25) is 0 Å². The van der Waals surface area contributed by atoms with Crippen LogP contribution in [0.3, 0.4) is 0 Å². The van der Waals surface area contributed by atoms with Gasteiger partial charge in [0.05, 0.1) is 0 Å². The van der Waals surface area contributed by atoms with Crippen molar-refractivity contribution in [2.75, 3.05) is 18.1 Å². The van der Waals surface area contributed by atoms with Crippen LogP contribution in [0, 0.1) is 0 Å². The predicted octanol–water partition coefficient (Wildman–Crippen LogP) is 2.07. The topological polar surface area (TPSA) is 29.9 Å². The maximum Gasteiger partial charge on any atom is 0.202 e. The lowest BCUT2D eigenvalue weighted by atomic mass is 10.5. The second-order valence-corrected chi connectivity index (χ2v) is 4.24. The zero-order valence-corrected chi connectivity index (χ0v) is 9.27. The number of rotatable bonds is 5. The third-order valence-corrected chi connectivity index (χ3v) is 2.98. The molecule has 74 valence electrons. The van der Waals surface area contributed by atoms with Crippen molar-refractivity contribution in [2.45, 2.75) is 25.6 Å². The molecule has 0 fully saturated rings. The van der Waals surface area contributed by atoms with E-state index >= 15 is 0 Å². The maximum atomic E-state index is 4.24. The number of hydrogen-bond acceptors (Lipinski definition) is 3. The van der Waals surface area contributed by atoms with Gasteiger partial charge in [-0.15, -0.1) is 0 Å². The van der Waals surface area contributed by atoms with E-state index in [9.17, 15) is 0 Å². The van der Waals surface area contributed by atoms with E-state index in [-0.39, 0.29) is 0 Å². The molecule has 1 unspecified atom stereocenters. The van der Waals surface area contributed by atoms with Gasteiger partial charge in [0.2, 0.25) is 5.95 Å². The molecule has 4 heteroatoms. The van der Waals surface area contributed by atoms with Gasteiger partial charge in [-0.3, -0.25) is 0 Å². The smallest absolute Gasteiger partial charge is 0.202 e. The van der Waals surface area contributed by atoms with Crippen molar-refractivity contribution in [3.8, 4) is 0 Å². The molecule has 0 bridgehead atoms. The number of nitrogens with one attached hydrogen (secondary N) is 1. The van der Waals surface area contributed by atoms with E-state index in [1.165, 1.54) is 0 Å². The van der Waals surface area contributed by atoms with Gasteiger partial charge in [-0.25, -0.2) is 4.98 Å².